The first-order valence-corrected chi connectivity index (χ1v) is 9.64. The van der Waals surface area contributed by atoms with Crippen molar-refractivity contribution in [2.45, 2.75) is 32.5 Å². The lowest BCUT2D eigenvalue weighted by molar-refractivity contribution is -0.165. The Morgan fingerprint density at radius 2 is 1.52 bits per heavy atom. The van der Waals surface area contributed by atoms with Crippen molar-refractivity contribution >= 4 is 23.3 Å². The fourth-order valence-corrected chi connectivity index (χ4v) is 3.10. The maximum absolute atomic E-state index is 12.2. The molecule has 0 N–H and O–H groups in total. The molecule has 3 rings (SSSR count). The molecule has 2 aromatic carbocycles. The Labute approximate surface area is 164 Å². The monoisotopic (exact) mass is 389 g/mol. The summed E-state index contributed by atoms with van der Waals surface area (Å²) in [6, 6.07) is 14.4. The summed E-state index contributed by atoms with van der Waals surface area (Å²) in [5, 5.41) is 0.587. The summed E-state index contributed by atoms with van der Waals surface area (Å²) in [6.45, 7) is 4.14. The van der Waals surface area contributed by atoms with Crippen LogP contribution in [0.3, 0.4) is 0 Å². The van der Waals surface area contributed by atoms with Gasteiger partial charge in [0.05, 0.1) is 6.61 Å². The van der Waals surface area contributed by atoms with Crippen molar-refractivity contribution in [1.82, 2.24) is 0 Å². The zero-order valence-electron chi connectivity index (χ0n) is 15.4. The molecule has 1 fully saturated rings. The highest BCUT2D eigenvalue weighted by Gasteiger charge is 2.24. The average Bonchev–Trinajstić information content (AvgIpc) is 2.70. The Balaban J connectivity index is 1.68. The molecule has 1 saturated heterocycles. The van der Waals surface area contributed by atoms with Crippen LogP contribution in [0.4, 0.5) is 5.69 Å². The van der Waals surface area contributed by atoms with Crippen LogP contribution in [-0.2, 0) is 9.53 Å². The van der Waals surface area contributed by atoms with Crippen LogP contribution >= 0.6 is 11.6 Å². The van der Waals surface area contributed by atoms with E-state index in [-0.39, 0.29) is 6.61 Å². The summed E-state index contributed by atoms with van der Waals surface area (Å²) in [5.41, 5.74) is 1.16. The van der Waals surface area contributed by atoms with Gasteiger partial charge in [-0.2, -0.15) is 0 Å². The van der Waals surface area contributed by atoms with Crippen molar-refractivity contribution in [1.29, 1.82) is 0 Å². The second-order valence-electron chi connectivity index (χ2n) is 6.32. The van der Waals surface area contributed by atoms with Gasteiger partial charge in [-0.15, -0.1) is 0 Å². The minimum Gasteiger partial charge on any atom is -0.460 e. The van der Waals surface area contributed by atoms with Gasteiger partial charge in [0.15, 0.2) is 0 Å². The molecular formula is C21H24ClNO4. The van der Waals surface area contributed by atoms with Crippen molar-refractivity contribution < 1.29 is 19.0 Å². The second kappa shape index (κ2) is 9.51. The maximum Gasteiger partial charge on any atom is 0.389 e. The van der Waals surface area contributed by atoms with E-state index in [1.54, 1.807) is 31.2 Å². The van der Waals surface area contributed by atoms with Crippen LogP contribution in [0.5, 0.6) is 11.5 Å². The van der Waals surface area contributed by atoms with E-state index < -0.39 is 12.3 Å². The summed E-state index contributed by atoms with van der Waals surface area (Å²) in [5.74, 6) is 0.442. The zero-order valence-corrected chi connectivity index (χ0v) is 16.2. The first kappa shape index (κ1) is 19.4. The van der Waals surface area contributed by atoms with Crippen molar-refractivity contribution in [3.63, 3.8) is 0 Å². The normalized spacial score (nSPS) is 15.1. The van der Waals surface area contributed by atoms with Gasteiger partial charge in [0.25, 0.3) is 0 Å². The van der Waals surface area contributed by atoms with Gasteiger partial charge in [0, 0.05) is 23.8 Å². The van der Waals surface area contributed by atoms with Gasteiger partial charge in [0.1, 0.15) is 11.5 Å². The molecule has 27 heavy (non-hydrogen) atoms. The number of piperidine rings is 1. The Morgan fingerprint density at radius 1 is 0.963 bits per heavy atom. The third-order valence-electron chi connectivity index (χ3n) is 4.34. The maximum atomic E-state index is 12.2. The smallest absolute Gasteiger partial charge is 0.389 e. The molecule has 1 unspecified atom stereocenters. The highest BCUT2D eigenvalue weighted by molar-refractivity contribution is 6.30. The fourth-order valence-electron chi connectivity index (χ4n) is 2.98. The number of benzene rings is 2. The van der Waals surface area contributed by atoms with Crippen LogP contribution in [0.25, 0.3) is 0 Å². The molecular weight excluding hydrogens is 366 g/mol. The standard InChI is InChI=1S/C21H24ClNO4/c1-2-25-20(24)21(26-18-10-6-16(22)7-11-18)27-19-12-8-17(9-13-19)23-14-4-3-5-15-23/h6-13,21H,2-5,14-15H2,1H3. The second-order valence-corrected chi connectivity index (χ2v) is 6.75. The molecule has 0 aromatic heterocycles. The summed E-state index contributed by atoms with van der Waals surface area (Å²) < 4.78 is 16.5. The number of nitrogens with zero attached hydrogens (tertiary/aromatic N) is 1. The van der Waals surface area contributed by atoms with Gasteiger partial charge < -0.3 is 19.1 Å². The van der Waals surface area contributed by atoms with E-state index in [9.17, 15) is 4.79 Å². The van der Waals surface area contributed by atoms with Crippen LogP contribution in [0.2, 0.25) is 5.02 Å². The molecule has 6 heteroatoms. The third kappa shape index (κ3) is 5.54. The number of halogens is 1. The van der Waals surface area contributed by atoms with Crippen molar-refractivity contribution in [3.8, 4) is 11.5 Å². The van der Waals surface area contributed by atoms with E-state index >= 15 is 0 Å². The quantitative estimate of drug-likeness (QED) is 0.508. The molecule has 0 bridgehead atoms. The van der Waals surface area contributed by atoms with Gasteiger partial charge in [-0.25, -0.2) is 4.79 Å². The minimum absolute atomic E-state index is 0.247. The number of esters is 1. The molecule has 1 atom stereocenters. The molecule has 5 nitrogen and oxygen atoms in total. The highest BCUT2D eigenvalue weighted by atomic mass is 35.5. The van der Waals surface area contributed by atoms with Crippen molar-refractivity contribution in [3.05, 3.63) is 53.6 Å². The van der Waals surface area contributed by atoms with Crippen LogP contribution in [-0.4, -0.2) is 32.0 Å². The first-order chi connectivity index (χ1) is 13.2. The lowest BCUT2D eigenvalue weighted by atomic mass is 10.1. The van der Waals surface area contributed by atoms with Crippen LogP contribution in [0, 0.1) is 0 Å². The number of rotatable bonds is 7. The van der Waals surface area contributed by atoms with E-state index in [1.165, 1.54) is 19.3 Å². The van der Waals surface area contributed by atoms with Gasteiger partial charge in [-0.05, 0) is 74.7 Å². The molecule has 0 amide bonds. The number of carbonyl (C=O) groups excluding carboxylic acids is 1. The zero-order chi connectivity index (χ0) is 19.1. The predicted octanol–water partition coefficient (Wildman–Crippen LogP) is 4.68. The van der Waals surface area contributed by atoms with E-state index in [4.69, 9.17) is 25.8 Å². The Morgan fingerprint density at radius 3 is 2.07 bits per heavy atom. The van der Waals surface area contributed by atoms with Crippen molar-refractivity contribution in [2.75, 3.05) is 24.6 Å². The fraction of sp³-hybridized carbons (Fsp3) is 0.381. The van der Waals surface area contributed by atoms with Crippen LogP contribution in [0.15, 0.2) is 48.5 Å². The SMILES string of the molecule is CCOC(=O)C(Oc1ccc(Cl)cc1)Oc1ccc(N2CCCCC2)cc1. The lowest BCUT2D eigenvalue weighted by Crippen LogP contribution is -2.35. The molecule has 0 saturated carbocycles. The third-order valence-corrected chi connectivity index (χ3v) is 4.59. The summed E-state index contributed by atoms with van der Waals surface area (Å²) in [6.07, 6.45) is 2.55. The summed E-state index contributed by atoms with van der Waals surface area (Å²) in [7, 11) is 0. The lowest BCUT2D eigenvalue weighted by Gasteiger charge is -2.29. The number of carbonyl (C=O) groups is 1. The average molecular weight is 390 g/mol. The molecule has 1 heterocycles. The molecule has 0 spiro atoms. The molecule has 0 aliphatic carbocycles. The van der Waals surface area contributed by atoms with Gasteiger partial charge in [-0.3, -0.25) is 0 Å². The molecule has 0 radical (unpaired) electrons. The topological polar surface area (TPSA) is 48.0 Å². The highest BCUT2D eigenvalue weighted by Crippen LogP contribution is 2.24. The number of anilines is 1. The van der Waals surface area contributed by atoms with Crippen molar-refractivity contribution in [2.24, 2.45) is 0 Å². The summed E-state index contributed by atoms with van der Waals surface area (Å²) >= 11 is 5.89. The van der Waals surface area contributed by atoms with E-state index in [0.29, 0.717) is 16.5 Å². The van der Waals surface area contributed by atoms with Gasteiger partial charge in [0.2, 0.25) is 0 Å². The Kier molecular flexibility index (Phi) is 6.82. The number of hydrogen-bond acceptors (Lipinski definition) is 5. The molecule has 1 aliphatic heterocycles. The first-order valence-electron chi connectivity index (χ1n) is 9.26. The molecule has 2 aromatic rings. The predicted molar refractivity (Wildman–Crippen MR) is 106 cm³/mol. The Bertz CT molecular complexity index is 727. The van der Waals surface area contributed by atoms with Crippen LogP contribution < -0.4 is 14.4 Å². The van der Waals surface area contributed by atoms with Gasteiger partial charge in [-0.1, -0.05) is 11.6 Å². The molecule has 144 valence electrons. The number of hydrogen-bond donors (Lipinski definition) is 0. The van der Waals surface area contributed by atoms with E-state index in [2.05, 4.69) is 4.90 Å². The van der Waals surface area contributed by atoms with Crippen LogP contribution in [0.1, 0.15) is 26.2 Å². The van der Waals surface area contributed by atoms with E-state index in [1.807, 2.05) is 24.3 Å². The molecule has 1 aliphatic rings. The largest absolute Gasteiger partial charge is 0.460 e. The Hall–Kier alpha value is -2.40. The summed E-state index contributed by atoms with van der Waals surface area (Å²) in [4.78, 5) is 14.6. The minimum atomic E-state index is -1.19. The number of ether oxygens (including phenoxy) is 3. The van der Waals surface area contributed by atoms with E-state index in [0.717, 1.165) is 18.8 Å². The van der Waals surface area contributed by atoms with Gasteiger partial charge >= 0.3 is 12.3 Å².